The summed E-state index contributed by atoms with van der Waals surface area (Å²) in [5.74, 6) is 0.0662. The lowest BCUT2D eigenvalue weighted by Gasteiger charge is -2.09. The van der Waals surface area contributed by atoms with E-state index >= 15 is 0 Å². The fourth-order valence-electron chi connectivity index (χ4n) is 2.44. The van der Waals surface area contributed by atoms with Crippen LogP contribution in [0.5, 0.6) is 0 Å². The standard InChI is InChI=1S/C15H15ClF3N3O2S/c16-11-3-5-12(6-4-11)25(23,24)20-7-8-22-13(10-1-2-10)9-14(21-22)15(17,18)19/h3-6,9-10,20H,1-2,7-8H2. The number of hydrogen-bond donors (Lipinski definition) is 1. The Morgan fingerprint density at radius 1 is 1.24 bits per heavy atom. The molecule has 5 nitrogen and oxygen atoms in total. The maximum atomic E-state index is 12.8. The van der Waals surface area contributed by atoms with Gasteiger partial charge in [-0.25, -0.2) is 13.1 Å². The summed E-state index contributed by atoms with van der Waals surface area (Å²) in [4.78, 5) is 0.0377. The topological polar surface area (TPSA) is 64.0 Å². The van der Waals surface area contributed by atoms with Gasteiger partial charge in [0.25, 0.3) is 0 Å². The molecule has 1 aliphatic rings. The van der Waals surface area contributed by atoms with Crippen LogP contribution in [0.25, 0.3) is 0 Å². The molecule has 0 amide bonds. The molecule has 0 bridgehead atoms. The molecule has 0 unspecified atom stereocenters. The smallest absolute Gasteiger partial charge is 0.267 e. The molecule has 0 aliphatic heterocycles. The second kappa shape index (κ2) is 6.62. The SMILES string of the molecule is O=S(=O)(NCCn1nc(C(F)(F)F)cc1C1CC1)c1ccc(Cl)cc1. The molecule has 1 aromatic heterocycles. The number of rotatable bonds is 6. The summed E-state index contributed by atoms with van der Waals surface area (Å²) in [5, 5.41) is 3.99. The van der Waals surface area contributed by atoms with Crippen LogP contribution in [0.3, 0.4) is 0 Å². The summed E-state index contributed by atoms with van der Waals surface area (Å²) < 4.78 is 66.4. The van der Waals surface area contributed by atoms with Crippen molar-refractivity contribution in [3.8, 4) is 0 Å². The highest BCUT2D eigenvalue weighted by Gasteiger charge is 2.37. The van der Waals surface area contributed by atoms with Gasteiger partial charge in [0.05, 0.1) is 11.4 Å². The average Bonchev–Trinajstić information content (AvgIpc) is 3.27. The molecule has 0 atom stereocenters. The Labute approximate surface area is 147 Å². The molecule has 25 heavy (non-hydrogen) atoms. The van der Waals surface area contributed by atoms with E-state index in [1.807, 2.05) is 0 Å². The van der Waals surface area contributed by atoms with Crippen molar-refractivity contribution in [3.63, 3.8) is 0 Å². The molecule has 1 N–H and O–H groups in total. The number of aromatic nitrogens is 2. The van der Waals surface area contributed by atoms with E-state index in [9.17, 15) is 21.6 Å². The van der Waals surface area contributed by atoms with Crippen LogP contribution in [0.1, 0.15) is 30.1 Å². The van der Waals surface area contributed by atoms with Crippen molar-refractivity contribution in [2.75, 3.05) is 6.54 Å². The third-order valence-corrected chi connectivity index (χ3v) is 5.57. The number of nitrogens with one attached hydrogen (secondary N) is 1. The monoisotopic (exact) mass is 393 g/mol. The quantitative estimate of drug-likeness (QED) is 0.818. The minimum atomic E-state index is -4.52. The van der Waals surface area contributed by atoms with Crippen molar-refractivity contribution in [1.82, 2.24) is 14.5 Å². The zero-order chi connectivity index (χ0) is 18.2. The van der Waals surface area contributed by atoms with Crippen LogP contribution < -0.4 is 4.72 Å². The zero-order valence-corrected chi connectivity index (χ0v) is 14.5. The number of hydrogen-bond acceptors (Lipinski definition) is 3. The molecular formula is C15H15ClF3N3O2S. The number of halogens is 4. The molecule has 0 saturated heterocycles. The van der Waals surface area contributed by atoms with E-state index in [0.29, 0.717) is 10.7 Å². The Hall–Kier alpha value is -1.58. The van der Waals surface area contributed by atoms with Crippen molar-refractivity contribution in [2.45, 2.75) is 36.4 Å². The maximum absolute atomic E-state index is 12.8. The normalized spacial score (nSPS) is 15.5. The van der Waals surface area contributed by atoms with Gasteiger partial charge in [-0.05, 0) is 43.2 Å². The summed E-state index contributed by atoms with van der Waals surface area (Å²) in [7, 11) is -3.76. The summed E-state index contributed by atoms with van der Waals surface area (Å²) in [5.41, 5.74) is -0.451. The predicted octanol–water partition coefficient (Wildman–Crippen LogP) is 3.41. The largest absolute Gasteiger partial charge is 0.435 e. The Balaban J connectivity index is 1.69. The van der Waals surface area contributed by atoms with Crippen LogP contribution >= 0.6 is 11.6 Å². The summed E-state index contributed by atoms with van der Waals surface area (Å²) in [6, 6.07) is 6.66. The molecule has 1 saturated carbocycles. The van der Waals surface area contributed by atoms with Crippen LogP contribution in [0.2, 0.25) is 5.02 Å². The van der Waals surface area contributed by atoms with Gasteiger partial charge in [-0.3, -0.25) is 4.68 Å². The van der Waals surface area contributed by atoms with Crippen molar-refractivity contribution in [2.24, 2.45) is 0 Å². The van der Waals surface area contributed by atoms with Gasteiger partial charge in [-0.1, -0.05) is 11.6 Å². The highest BCUT2D eigenvalue weighted by molar-refractivity contribution is 7.89. The first-order valence-electron chi connectivity index (χ1n) is 7.57. The number of nitrogens with zero attached hydrogens (tertiary/aromatic N) is 2. The van der Waals surface area contributed by atoms with Crippen LogP contribution in [0.4, 0.5) is 13.2 Å². The molecule has 0 spiro atoms. The lowest BCUT2D eigenvalue weighted by Crippen LogP contribution is -2.28. The Kier molecular flexibility index (Phi) is 4.82. The van der Waals surface area contributed by atoms with Crippen molar-refractivity contribution >= 4 is 21.6 Å². The lowest BCUT2D eigenvalue weighted by atomic mass is 10.2. The highest BCUT2D eigenvalue weighted by atomic mass is 35.5. The third kappa shape index (κ3) is 4.34. The van der Waals surface area contributed by atoms with Crippen molar-refractivity contribution in [1.29, 1.82) is 0 Å². The van der Waals surface area contributed by atoms with Gasteiger partial charge in [0, 0.05) is 23.2 Å². The molecule has 1 aromatic carbocycles. The molecular weight excluding hydrogens is 379 g/mol. The summed E-state index contributed by atoms with van der Waals surface area (Å²) in [6.07, 6.45) is -2.88. The van der Waals surface area contributed by atoms with Gasteiger partial charge in [0.2, 0.25) is 10.0 Å². The van der Waals surface area contributed by atoms with E-state index in [4.69, 9.17) is 11.6 Å². The average molecular weight is 394 g/mol. The van der Waals surface area contributed by atoms with E-state index < -0.39 is 21.9 Å². The molecule has 2 aromatic rings. The molecule has 136 valence electrons. The van der Waals surface area contributed by atoms with Crippen LogP contribution in [-0.2, 0) is 22.7 Å². The Bertz CT molecular complexity index is 859. The van der Waals surface area contributed by atoms with Gasteiger partial charge in [-0.2, -0.15) is 18.3 Å². The molecule has 1 aliphatic carbocycles. The molecule has 0 radical (unpaired) electrons. The second-order valence-electron chi connectivity index (χ2n) is 5.80. The first-order chi connectivity index (χ1) is 11.7. The van der Waals surface area contributed by atoms with Gasteiger partial charge in [0.1, 0.15) is 0 Å². The van der Waals surface area contributed by atoms with Crippen LogP contribution in [0.15, 0.2) is 35.2 Å². The fourth-order valence-corrected chi connectivity index (χ4v) is 3.59. The molecule has 1 fully saturated rings. The molecule has 10 heteroatoms. The van der Waals surface area contributed by atoms with E-state index in [1.54, 1.807) is 0 Å². The lowest BCUT2D eigenvalue weighted by molar-refractivity contribution is -0.141. The second-order valence-corrected chi connectivity index (χ2v) is 8.00. The Morgan fingerprint density at radius 3 is 2.44 bits per heavy atom. The fraction of sp³-hybridized carbons (Fsp3) is 0.400. The van der Waals surface area contributed by atoms with E-state index in [2.05, 4.69) is 9.82 Å². The predicted molar refractivity (Wildman–Crippen MR) is 85.8 cm³/mol. The van der Waals surface area contributed by atoms with Crippen molar-refractivity contribution in [3.05, 3.63) is 46.7 Å². The minimum Gasteiger partial charge on any atom is -0.267 e. The Morgan fingerprint density at radius 2 is 1.88 bits per heavy atom. The first kappa shape index (κ1) is 18.2. The minimum absolute atomic E-state index is 0.0226. The van der Waals surface area contributed by atoms with E-state index in [0.717, 1.165) is 18.9 Å². The molecule has 3 rings (SSSR count). The molecule has 1 heterocycles. The number of sulfonamides is 1. The van der Waals surface area contributed by atoms with Crippen LogP contribution in [0, 0.1) is 0 Å². The number of alkyl halides is 3. The zero-order valence-electron chi connectivity index (χ0n) is 12.9. The van der Waals surface area contributed by atoms with E-state index in [1.165, 1.54) is 28.9 Å². The first-order valence-corrected chi connectivity index (χ1v) is 9.43. The third-order valence-electron chi connectivity index (χ3n) is 3.84. The summed E-state index contributed by atoms with van der Waals surface area (Å²) in [6.45, 7) is -0.0433. The highest BCUT2D eigenvalue weighted by Crippen LogP contribution is 2.42. The number of benzene rings is 1. The van der Waals surface area contributed by atoms with Gasteiger partial charge in [-0.15, -0.1) is 0 Å². The maximum Gasteiger partial charge on any atom is 0.435 e. The van der Waals surface area contributed by atoms with Crippen LogP contribution in [-0.4, -0.2) is 24.7 Å². The van der Waals surface area contributed by atoms with Gasteiger partial charge < -0.3 is 0 Å². The van der Waals surface area contributed by atoms with Gasteiger partial charge >= 0.3 is 6.18 Å². The summed E-state index contributed by atoms with van der Waals surface area (Å²) >= 11 is 5.72. The van der Waals surface area contributed by atoms with Crippen molar-refractivity contribution < 1.29 is 21.6 Å². The van der Waals surface area contributed by atoms with Gasteiger partial charge in [0.15, 0.2) is 5.69 Å². The van der Waals surface area contributed by atoms with E-state index in [-0.39, 0.29) is 23.9 Å².